The van der Waals surface area contributed by atoms with E-state index in [-0.39, 0.29) is 0 Å². The lowest BCUT2D eigenvalue weighted by Crippen LogP contribution is -2.46. The molecule has 0 amide bonds. The molecular weight excluding hydrogens is 174 g/mol. The zero-order valence-corrected chi connectivity index (χ0v) is 9.34. The van der Waals surface area contributed by atoms with E-state index in [2.05, 4.69) is 22.2 Å². The second-order valence-corrected chi connectivity index (χ2v) is 4.80. The summed E-state index contributed by atoms with van der Waals surface area (Å²) < 4.78 is 0. The Labute approximate surface area is 87.4 Å². The zero-order valence-electron chi connectivity index (χ0n) is 9.34. The van der Waals surface area contributed by atoms with Gasteiger partial charge in [0.2, 0.25) is 0 Å². The number of likely N-dealkylation sites (N-methyl/N-ethyl adjacent to an activating group) is 1. The van der Waals surface area contributed by atoms with Crippen LogP contribution in [0.15, 0.2) is 0 Å². The Balaban J connectivity index is 1.55. The van der Waals surface area contributed by atoms with Crippen molar-refractivity contribution < 1.29 is 0 Å². The Kier molecular flexibility index (Phi) is 3.79. The van der Waals surface area contributed by atoms with E-state index in [0.29, 0.717) is 0 Å². The lowest BCUT2D eigenvalue weighted by atomic mass is 10.3. The van der Waals surface area contributed by atoms with Crippen molar-refractivity contribution >= 4 is 0 Å². The van der Waals surface area contributed by atoms with E-state index in [1.807, 2.05) is 0 Å². The summed E-state index contributed by atoms with van der Waals surface area (Å²) in [6, 6.07) is 0. The molecule has 82 valence electrons. The van der Waals surface area contributed by atoms with Gasteiger partial charge in [0.1, 0.15) is 0 Å². The fourth-order valence-electron chi connectivity index (χ4n) is 2.08. The van der Waals surface area contributed by atoms with Crippen LogP contribution < -0.4 is 5.32 Å². The standard InChI is InChI=1S/C11H23N3/c1-13(10-11-2-3-11)8-9-14-6-4-12-5-7-14/h11-12H,2-10H2,1H3. The molecule has 3 heteroatoms. The molecule has 0 aromatic rings. The van der Waals surface area contributed by atoms with E-state index in [1.54, 1.807) is 0 Å². The molecule has 0 bridgehead atoms. The molecule has 2 fully saturated rings. The van der Waals surface area contributed by atoms with Gasteiger partial charge in [-0.05, 0) is 25.8 Å². The molecule has 1 aliphatic heterocycles. The van der Waals surface area contributed by atoms with Crippen LogP contribution in [0.5, 0.6) is 0 Å². The topological polar surface area (TPSA) is 18.5 Å². The van der Waals surface area contributed by atoms with E-state index < -0.39 is 0 Å². The van der Waals surface area contributed by atoms with Crippen LogP contribution in [0.25, 0.3) is 0 Å². The van der Waals surface area contributed by atoms with Gasteiger partial charge < -0.3 is 10.2 Å². The van der Waals surface area contributed by atoms with E-state index in [4.69, 9.17) is 0 Å². The Bertz CT molecular complexity index is 162. The van der Waals surface area contributed by atoms with Crippen LogP contribution in [-0.4, -0.2) is 62.7 Å². The molecule has 1 heterocycles. The zero-order chi connectivity index (χ0) is 9.80. The number of nitrogens with one attached hydrogen (secondary N) is 1. The van der Waals surface area contributed by atoms with Gasteiger partial charge in [-0.15, -0.1) is 0 Å². The van der Waals surface area contributed by atoms with Gasteiger partial charge in [0.25, 0.3) is 0 Å². The molecule has 0 spiro atoms. The molecule has 1 N–H and O–H groups in total. The van der Waals surface area contributed by atoms with Gasteiger partial charge >= 0.3 is 0 Å². The van der Waals surface area contributed by atoms with Gasteiger partial charge in [0.05, 0.1) is 0 Å². The molecule has 0 aromatic heterocycles. The Morgan fingerprint density at radius 1 is 1.29 bits per heavy atom. The molecule has 0 aromatic carbocycles. The normalized spacial score (nSPS) is 24.4. The van der Waals surface area contributed by atoms with Crippen LogP contribution in [0.1, 0.15) is 12.8 Å². The summed E-state index contributed by atoms with van der Waals surface area (Å²) in [4.78, 5) is 5.07. The average Bonchev–Trinajstić information content (AvgIpc) is 3.00. The molecule has 1 aliphatic carbocycles. The second-order valence-electron chi connectivity index (χ2n) is 4.80. The van der Waals surface area contributed by atoms with Gasteiger partial charge in [-0.1, -0.05) is 0 Å². The Morgan fingerprint density at radius 3 is 2.64 bits per heavy atom. The highest BCUT2D eigenvalue weighted by atomic mass is 15.2. The van der Waals surface area contributed by atoms with Gasteiger partial charge in [-0.2, -0.15) is 0 Å². The second kappa shape index (κ2) is 5.10. The van der Waals surface area contributed by atoms with Gasteiger partial charge in [-0.25, -0.2) is 0 Å². The number of piperazine rings is 1. The minimum Gasteiger partial charge on any atom is -0.314 e. The maximum absolute atomic E-state index is 3.39. The Morgan fingerprint density at radius 2 is 2.00 bits per heavy atom. The van der Waals surface area contributed by atoms with Crippen LogP contribution in [0.4, 0.5) is 0 Å². The molecule has 2 rings (SSSR count). The van der Waals surface area contributed by atoms with Crippen molar-refractivity contribution in [2.75, 3.05) is 52.9 Å². The van der Waals surface area contributed by atoms with Crippen LogP contribution in [0.3, 0.4) is 0 Å². The van der Waals surface area contributed by atoms with E-state index >= 15 is 0 Å². The Hall–Kier alpha value is -0.120. The minimum absolute atomic E-state index is 1.03. The summed E-state index contributed by atoms with van der Waals surface area (Å²) in [5.74, 6) is 1.03. The third-order valence-corrected chi connectivity index (χ3v) is 3.27. The molecule has 0 atom stereocenters. The lowest BCUT2D eigenvalue weighted by Gasteiger charge is -2.29. The highest BCUT2D eigenvalue weighted by molar-refractivity contribution is 4.77. The first kappa shape index (κ1) is 10.4. The van der Waals surface area contributed by atoms with Gasteiger partial charge in [-0.3, -0.25) is 4.90 Å². The largest absolute Gasteiger partial charge is 0.314 e. The number of rotatable bonds is 5. The monoisotopic (exact) mass is 197 g/mol. The number of hydrogen-bond donors (Lipinski definition) is 1. The van der Waals surface area contributed by atoms with Crippen molar-refractivity contribution in [3.63, 3.8) is 0 Å². The van der Waals surface area contributed by atoms with Crippen LogP contribution in [0, 0.1) is 5.92 Å². The molecule has 1 saturated heterocycles. The van der Waals surface area contributed by atoms with E-state index in [1.165, 1.54) is 58.7 Å². The highest BCUT2D eigenvalue weighted by Crippen LogP contribution is 2.29. The summed E-state index contributed by atoms with van der Waals surface area (Å²) >= 11 is 0. The summed E-state index contributed by atoms with van der Waals surface area (Å²) in [6.45, 7) is 8.64. The predicted molar refractivity (Wildman–Crippen MR) is 59.5 cm³/mol. The van der Waals surface area contributed by atoms with Crippen molar-refractivity contribution in [1.82, 2.24) is 15.1 Å². The van der Waals surface area contributed by atoms with Gasteiger partial charge in [0.15, 0.2) is 0 Å². The summed E-state index contributed by atoms with van der Waals surface area (Å²) in [5.41, 5.74) is 0. The smallest absolute Gasteiger partial charge is 0.0110 e. The van der Waals surface area contributed by atoms with Crippen molar-refractivity contribution in [3.05, 3.63) is 0 Å². The first-order chi connectivity index (χ1) is 6.84. The van der Waals surface area contributed by atoms with Crippen molar-refractivity contribution in [3.8, 4) is 0 Å². The molecular formula is C11H23N3. The van der Waals surface area contributed by atoms with Crippen molar-refractivity contribution in [2.45, 2.75) is 12.8 Å². The molecule has 2 aliphatic rings. The maximum atomic E-state index is 3.39. The number of nitrogens with zero attached hydrogens (tertiary/aromatic N) is 2. The van der Waals surface area contributed by atoms with Crippen LogP contribution >= 0.6 is 0 Å². The third-order valence-electron chi connectivity index (χ3n) is 3.27. The first-order valence-electron chi connectivity index (χ1n) is 5.96. The third kappa shape index (κ3) is 3.56. The average molecular weight is 197 g/mol. The lowest BCUT2D eigenvalue weighted by molar-refractivity contribution is 0.202. The fourth-order valence-corrected chi connectivity index (χ4v) is 2.08. The fraction of sp³-hybridized carbons (Fsp3) is 1.00. The quantitative estimate of drug-likeness (QED) is 0.681. The van der Waals surface area contributed by atoms with E-state index in [9.17, 15) is 0 Å². The van der Waals surface area contributed by atoms with Crippen LogP contribution in [-0.2, 0) is 0 Å². The summed E-state index contributed by atoms with van der Waals surface area (Å²) in [7, 11) is 2.26. The molecule has 14 heavy (non-hydrogen) atoms. The van der Waals surface area contributed by atoms with Crippen molar-refractivity contribution in [2.24, 2.45) is 5.92 Å². The van der Waals surface area contributed by atoms with Crippen LogP contribution in [0.2, 0.25) is 0 Å². The van der Waals surface area contributed by atoms with E-state index in [0.717, 1.165) is 5.92 Å². The van der Waals surface area contributed by atoms with Crippen molar-refractivity contribution in [1.29, 1.82) is 0 Å². The molecule has 0 unspecified atom stereocenters. The summed E-state index contributed by atoms with van der Waals surface area (Å²) in [5, 5.41) is 3.39. The summed E-state index contributed by atoms with van der Waals surface area (Å²) in [6.07, 6.45) is 2.94. The molecule has 0 radical (unpaired) electrons. The first-order valence-corrected chi connectivity index (χ1v) is 5.96. The predicted octanol–water partition coefficient (Wildman–Crippen LogP) is 0.233. The molecule has 1 saturated carbocycles. The highest BCUT2D eigenvalue weighted by Gasteiger charge is 2.22. The SMILES string of the molecule is CN(CCN1CCNCC1)CC1CC1. The molecule has 3 nitrogen and oxygen atoms in total. The van der Waals surface area contributed by atoms with Gasteiger partial charge in [0, 0.05) is 45.8 Å². The minimum atomic E-state index is 1.03. The maximum Gasteiger partial charge on any atom is 0.0110 e. The number of hydrogen-bond acceptors (Lipinski definition) is 3.